The summed E-state index contributed by atoms with van der Waals surface area (Å²) in [6, 6.07) is 8.26. The van der Waals surface area contributed by atoms with Crippen LogP contribution < -0.4 is 10.0 Å². The first kappa shape index (κ1) is 21.0. The lowest BCUT2D eigenvalue weighted by molar-refractivity contribution is -0.138. The van der Waals surface area contributed by atoms with Crippen molar-refractivity contribution in [2.45, 2.75) is 25.7 Å². The number of esters is 1. The summed E-state index contributed by atoms with van der Waals surface area (Å²) < 4.78 is 34.5. The number of anilines is 2. The molecular formula is C18H21N5O4S. The van der Waals surface area contributed by atoms with Crippen molar-refractivity contribution >= 4 is 27.4 Å². The minimum atomic E-state index is -3.90. The van der Waals surface area contributed by atoms with Crippen LogP contribution in [0.5, 0.6) is 0 Å². The molecule has 2 N–H and O–H groups in total. The van der Waals surface area contributed by atoms with Crippen molar-refractivity contribution in [2.75, 3.05) is 16.6 Å². The quantitative estimate of drug-likeness (QED) is 0.412. The Balaban J connectivity index is 2.34. The van der Waals surface area contributed by atoms with Crippen LogP contribution >= 0.6 is 0 Å². The maximum Gasteiger partial charge on any atom is 0.350 e. The Bertz CT molecular complexity index is 1060. The number of hydrogen-bond acceptors (Lipinski definition) is 7. The van der Waals surface area contributed by atoms with Gasteiger partial charge in [-0.3, -0.25) is 9.40 Å². The van der Waals surface area contributed by atoms with Crippen molar-refractivity contribution in [3.63, 3.8) is 0 Å². The molecule has 0 bridgehead atoms. The van der Waals surface area contributed by atoms with Crippen LogP contribution in [0, 0.1) is 25.2 Å². The summed E-state index contributed by atoms with van der Waals surface area (Å²) in [5, 5.41) is 16.0. The third kappa shape index (κ3) is 4.50. The van der Waals surface area contributed by atoms with E-state index in [2.05, 4.69) is 15.1 Å². The molecule has 0 radical (unpaired) electrons. The zero-order valence-electron chi connectivity index (χ0n) is 16.0. The van der Waals surface area contributed by atoms with Gasteiger partial charge in [0.2, 0.25) is 0 Å². The number of para-hydroxylation sites is 2. The Hall–Kier alpha value is -3.32. The molecular weight excluding hydrogens is 382 g/mol. The zero-order chi connectivity index (χ0) is 20.9. The fourth-order valence-corrected chi connectivity index (χ4v) is 4.05. The number of rotatable bonds is 7. The number of benzene rings is 1. The molecule has 2 rings (SSSR count). The number of nitrogens with zero attached hydrogens (tertiary/aromatic N) is 3. The van der Waals surface area contributed by atoms with E-state index in [1.54, 1.807) is 58.2 Å². The molecule has 0 fully saturated rings. The molecule has 0 aliphatic heterocycles. The summed E-state index contributed by atoms with van der Waals surface area (Å²) in [5.74, 6) is -0.767. The molecule has 0 spiro atoms. The molecule has 148 valence electrons. The summed E-state index contributed by atoms with van der Waals surface area (Å²) in [6.07, 6.45) is 1.17. The Morgan fingerprint density at radius 1 is 1.32 bits per heavy atom. The fourth-order valence-electron chi connectivity index (χ4n) is 2.53. The molecule has 1 heterocycles. The second-order valence-corrected chi connectivity index (χ2v) is 7.43. The highest BCUT2D eigenvalue weighted by Gasteiger charge is 2.24. The molecule has 1 aromatic carbocycles. The van der Waals surface area contributed by atoms with E-state index in [1.165, 1.54) is 10.9 Å². The van der Waals surface area contributed by atoms with Crippen LogP contribution in [0.2, 0.25) is 0 Å². The molecule has 0 saturated carbocycles. The van der Waals surface area contributed by atoms with E-state index in [0.717, 1.165) is 0 Å². The topological polar surface area (TPSA) is 126 Å². The van der Waals surface area contributed by atoms with Gasteiger partial charge in [-0.15, -0.1) is 0 Å². The van der Waals surface area contributed by atoms with Crippen molar-refractivity contribution in [2.24, 2.45) is 7.05 Å². The van der Waals surface area contributed by atoms with Crippen LogP contribution in [0.4, 0.5) is 11.4 Å². The van der Waals surface area contributed by atoms with Crippen LogP contribution in [-0.4, -0.2) is 30.8 Å². The van der Waals surface area contributed by atoms with Crippen LogP contribution in [0.15, 0.2) is 40.9 Å². The van der Waals surface area contributed by atoms with Gasteiger partial charge in [0.25, 0.3) is 10.0 Å². The minimum Gasteiger partial charge on any atom is -0.462 e. The highest BCUT2D eigenvalue weighted by molar-refractivity contribution is 7.92. The van der Waals surface area contributed by atoms with Crippen molar-refractivity contribution in [3.05, 3.63) is 47.4 Å². The van der Waals surface area contributed by atoms with Gasteiger partial charge in [-0.05, 0) is 32.9 Å². The number of carbonyl (C=O) groups excluding carboxylic acids is 1. The molecule has 9 nitrogen and oxygen atoms in total. The molecule has 0 amide bonds. The van der Waals surface area contributed by atoms with E-state index < -0.39 is 16.0 Å². The number of aryl methyl sites for hydroxylation is 2. The van der Waals surface area contributed by atoms with E-state index in [0.29, 0.717) is 17.1 Å². The van der Waals surface area contributed by atoms with Gasteiger partial charge in [-0.2, -0.15) is 10.4 Å². The van der Waals surface area contributed by atoms with Gasteiger partial charge in [-0.25, -0.2) is 13.2 Å². The number of sulfonamides is 1. The van der Waals surface area contributed by atoms with Gasteiger partial charge in [0.05, 0.1) is 29.4 Å². The molecule has 2 aromatic rings. The highest BCUT2D eigenvalue weighted by Crippen LogP contribution is 2.27. The van der Waals surface area contributed by atoms with Gasteiger partial charge < -0.3 is 10.1 Å². The van der Waals surface area contributed by atoms with E-state index >= 15 is 0 Å². The first-order valence-corrected chi connectivity index (χ1v) is 9.85. The zero-order valence-corrected chi connectivity index (χ0v) is 16.8. The highest BCUT2D eigenvalue weighted by atomic mass is 32.2. The van der Waals surface area contributed by atoms with Gasteiger partial charge >= 0.3 is 5.97 Å². The Morgan fingerprint density at radius 2 is 1.96 bits per heavy atom. The summed E-state index contributed by atoms with van der Waals surface area (Å²) in [5.41, 5.74) is 1.26. The normalized spacial score (nSPS) is 11.6. The molecule has 28 heavy (non-hydrogen) atoms. The average molecular weight is 403 g/mol. The van der Waals surface area contributed by atoms with Gasteiger partial charge in [-0.1, -0.05) is 12.1 Å². The summed E-state index contributed by atoms with van der Waals surface area (Å²) in [6.45, 7) is 5.05. The average Bonchev–Trinajstić information content (AvgIpc) is 2.89. The molecule has 0 aliphatic rings. The van der Waals surface area contributed by atoms with Crippen molar-refractivity contribution < 1.29 is 17.9 Å². The fraction of sp³-hybridized carbons (Fsp3) is 0.278. The number of nitrogens with one attached hydrogen (secondary N) is 2. The minimum absolute atomic E-state index is 0.101. The molecule has 0 aliphatic carbocycles. The number of nitriles is 1. The Labute approximate surface area is 163 Å². The molecule has 1 aromatic heterocycles. The van der Waals surface area contributed by atoms with E-state index in [-0.39, 0.29) is 22.8 Å². The largest absolute Gasteiger partial charge is 0.462 e. The number of hydrogen-bond donors (Lipinski definition) is 2. The third-order valence-corrected chi connectivity index (χ3v) is 5.49. The molecule has 0 unspecified atom stereocenters. The monoisotopic (exact) mass is 403 g/mol. The number of ether oxygens (including phenoxy) is 1. The Kier molecular flexibility index (Phi) is 6.43. The summed E-state index contributed by atoms with van der Waals surface area (Å²) >= 11 is 0. The van der Waals surface area contributed by atoms with Crippen molar-refractivity contribution in [1.82, 2.24) is 9.78 Å². The Morgan fingerprint density at radius 3 is 2.50 bits per heavy atom. The first-order chi connectivity index (χ1) is 13.2. The van der Waals surface area contributed by atoms with Crippen molar-refractivity contribution in [3.8, 4) is 6.07 Å². The van der Waals surface area contributed by atoms with Gasteiger partial charge in [0, 0.05) is 13.2 Å². The lowest BCUT2D eigenvalue weighted by Gasteiger charge is -2.13. The number of aromatic nitrogens is 2. The second-order valence-electron chi connectivity index (χ2n) is 5.81. The lowest BCUT2D eigenvalue weighted by atomic mass is 10.2. The van der Waals surface area contributed by atoms with E-state index in [4.69, 9.17) is 10.00 Å². The lowest BCUT2D eigenvalue weighted by Crippen LogP contribution is -2.16. The SMILES string of the molecule is CCOC(=O)/C(C#N)=C/Nc1ccccc1NS(=O)(=O)c1c(C)nn(C)c1C. The predicted molar refractivity (Wildman–Crippen MR) is 104 cm³/mol. The first-order valence-electron chi connectivity index (χ1n) is 8.37. The molecule has 10 heteroatoms. The van der Waals surface area contributed by atoms with E-state index in [1.807, 2.05) is 0 Å². The summed E-state index contributed by atoms with van der Waals surface area (Å²) in [4.78, 5) is 11.8. The predicted octanol–water partition coefficient (Wildman–Crippen LogP) is 2.22. The number of carbonyl (C=O) groups is 1. The van der Waals surface area contributed by atoms with Crippen molar-refractivity contribution in [1.29, 1.82) is 5.26 Å². The third-order valence-electron chi connectivity index (χ3n) is 3.87. The standard InChI is InChI=1S/C18H21N5O4S/c1-5-27-18(24)14(10-19)11-20-15-8-6-7-9-16(15)22-28(25,26)17-12(2)21-23(4)13(17)3/h6-9,11,20,22H,5H2,1-4H3/b14-11+. The van der Waals surface area contributed by atoms with Crippen LogP contribution in [0.1, 0.15) is 18.3 Å². The van der Waals surface area contributed by atoms with Crippen LogP contribution in [0.25, 0.3) is 0 Å². The van der Waals surface area contributed by atoms with Gasteiger partial charge in [0.1, 0.15) is 11.0 Å². The van der Waals surface area contributed by atoms with E-state index in [9.17, 15) is 13.2 Å². The smallest absolute Gasteiger partial charge is 0.350 e. The maximum atomic E-state index is 12.9. The second kappa shape index (κ2) is 8.58. The van der Waals surface area contributed by atoms with Gasteiger partial charge in [0.15, 0.2) is 5.57 Å². The maximum absolute atomic E-state index is 12.9. The molecule has 0 atom stereocenters. The van der Waals surface area contributed by atoms with Crippen LogP contribution in [-0.2, 0) is 26.6 Å². The summed E-state index contributed by atoms with van der Waals surface area (Å²) in [7, 11) is -2.23. The molecule has 0 saturated heterocycles. The van der Waals surface area contributed by atoms with Crippen LogP contribution in [0.3, 0.4) is 0 Å².